The minimum atomic E-state index is 0.977. The highest BCUT2D eigenvalue weighted by atomic mass is 14.8. The predicted molar refractivity (Wildman–Crippen MR) is 63.4 cm³/mol. The normalized spacial score (nSPS) is 11.8. The van der Waals surface area contributed by atoms with Crippen LogP contribution < -0.4 is 5.32 Å². The summed E-state index contributed by atoms with van der Waals surface area (Å²) in [6.07, 6.45) is 3.39. The molecule has 0 unspecified atom stereocenters. The van der Waals surface area contributed by atoms with Crippen LogP contribution in [-0.2, 0) is 0 Å². The lowest BCUT2D eigenvalue weighted by molar-refractivity contribution is 0.851. The fraction of sp³-hybridized carbons (Fsp3) is 0.385. The first-order chi connectivity index (χ1) is 6.77. The summed E-state index contributed by atoms with van der Waals surface area (Å²) in [5.74, 6) is 0. The van der Waals surface area contributed by atoms with Crippen molar-refractivity contribution in [2.24, 2.45) is 0 Å². The summed E-state index contributed by atoms with van der Waals surface area (Å²) in [5.41, 5.74) is 4.12. The summed E-state index contributed by atoms with van der Waals surface area (Å²) in [6.45, 7) is 5.32. The molecule has 1 rings (SSSR count). The van der Waals surface area contributed by atoms with E-state index in [4.69, 9.17) is 0 Å². The molecule has 0 saturated carbocycles. The molecular formula is C13H19N. The Kier molecular flexibility index (Phi) is 4.41. The molecule has 0 aliphatic carbocycles. The standard InChI is InChI=1S/C13H19N/c1-4-12(10-14-3)9-13-8-6-5-7-11(13)2/h5-9,14H,4,10H2,1-3H3. The second-order valence-electron chi connectivity index (χ2n) is 3.54. The van der Waals surface area contributed by atoms with Crippen LogP contribution in [0, 0.1) is 6.92 Å². The summed E-state index contributed by atoms with van der Waals surface area (Å²) in [7, 11) is 1.99. The van der Waals surface area contributed by atoms with Crippen LogP contribution in [0.1, 0.15) is 24.5 Å². The molecule has 0 radical (unpaired) electrons. The van der Waals surface area contributed by atoms with E-state index in [1.165, 1.54) is 16.7 Å². The minimum absolute atomic E-state index is 0.977. The third-order valence-corrected chi connectivity index (χ3v) is 2.41. The van der Waals surface area contributed by atoms with Crippen molar-refractivity contribution in [3.05, 3.63) is 41.0 Å². The zero-order valence-electron chi connectivity index (χ0n) is 9.30. The molecule has 14 heavy (non-hydrogen) atoms. The Morgan fingerprint density at radius 3 is 2.64 bits per heavy atom. The van der Waals surface area contributed by atoms with Gasteiger partial charge in [-0.3, -0.25) is 0 Å². The van der Waals surface area contributed by atoms with Gasteiger partial charge in [0.25, 0.3) is 0 Å². The number of hydrogen-bond acceptors (Lipinski definition) is 1. The third kappa shape index (κ3) is 3.00. The number of rotatable bonds is 4. The van der Waals surface area contributed by atoms with Crippen molar-refractivity contribution in [1.29, 1.82) is 0 Å². The molecule has 0 atom stereocenters. The number of aryl methyl sites for hydroxylation is 1. The lowest BCUT2D eigenvalue weighted by Gasteiger charge is -2.05. The van der Waals surface area contributed by atoms with Gasteiger partial charge in [-0.25, -0.2) is 0 Å². The van der Waals surface area contributed by atoms with Crippen molar-refractivity contribution < 1.29 is 0 Å². The second-order valence-corrected chi connectivity index (χ2v) is 3.54. The quantitative estimate of drug-likeness (QED) is 0.767. The Morgan fingerprint density at radius 1 is 1.36 bits per heavy atom. The van der Waals surface area contributed by atoms with E-state index in [9.17, 15) is 0 Å². The second kappa shape index (κ2) is 5.61. The van der Waals surface area contributed by atoms with Crippen LogP contribution in [0.4, 0.5) is 0 Å². The summed E-state index contributed by atoms with van der Waals surface area (Å²) in [4.78, 5) is 0. The van der Waals surface area contributed by atoms with Crippen molar-refractivity contribution >= 4 is 6.08 Å². The number of likely N-dealkylation sites (N-methyl/N-ethyl adjacent to an activating group) is 1. The van der Waals surface area contributed by atoms with E-state index in [1.54, 1.807) is 0 Å². The van der Waals surface area contributed by atoms with E-state index in [1.807, 2.05) is 7.05 Å². The SMILES string of the molecule is CCC(=Cc1ccccc1C)CNC. The summed E-state index contributed by atoms with van der Waals surface area (Å²) in [6, 6.07) is 8.49. The zero-order valence-corrected chi connectivity index (χ0v) is 9.30. The fourth-order valence-electron chi connectivity index (χ4n) is 1.47. The van der Waals surface area contributed by atoms with Gasteiger partial charge in [0, 0.05) is 6.54 Å². The lowest BCUT2D eigenvalue weighted by atomic mass is 10.0. The van der Waals surface area contributed by atoms with E-state index in [-0.39, 0.29) is 0 Å². The topological polar surface area (TPSA) is 12.0 Å². The van der Waals surface area contributed by atoms with E-state index < -0.39 is 0 Å². The number of nitrogens with one attached hydrogen (secondary N) is 1. The van der Waals surface area contributed by atoms with Gasteiger partial charge in [-0.1, -0.05) is 42.8 Å². The van der Waals surface area contributed by atoms with Gasteiger partial charge < -0.3 is 5.32 Å². The Balaban J connectivity index is 2.88. The molecule has 1 aromatic rings. The highest BCUT2D eigenvalue weighted by molar-refractivity contribution is 5.56. The van der Waals surface area contributed by atoms with E-state index >= 15 is 0 Å². The zero-order chi connectivity index (χ0) is 10.4. The molecule has 1 heteroatoms. The average molecular weight is 189 g/mol. The van der Waals surface area contributed by atoms with Gasteiger partial charge in [0.05, 0.1) is 0 Å². The summed E-state index contributed by atoms with van der Waals surface area (Å²) in [5, 5.41) is 3.19. The molecule has 1 aromatic carbocycles. The van der Waals surface area contributed by atoms with E-state index in [0.717, 1.165) is 13.0 Å². The molecule has 0 aromatic heterocycles. The minimum Gasteiger partial charge on any atom is -0.316 e. The van der Waals surface area contributed by atoms with E-state index in [0.29, 0.717) is 0 Å². The molecule has 1 N–H and O–H groups in total. The van der Waals surface area contributed by atoms with Crippen LogP contribution in [0.2, 0.25) is 0 Å². The Morgan fingerprint density at radius 2 is 2.07 bits per heavy atom. The molecule has 0 fully saturated rings. The van der Waals surface area contributed by atoms with Crippen LogP contribution >= 0.6 is 0 Å². The molecule has 0 aliphatic heterocycles. The molecule has 76 valence electrons. The molecule has 0 aliphatic rings. The van der Waals surface area contributed by atoms with Crippen molar-refractivity contribution in [1.82, 2.24) is 5.32 Å². The van der Waals surface area contributed by atoms with Gasteiger partial charge >= 0.3 is 0 Å². The van der Waals surface area contributed by atoms with Gasteiger partial charge in [-0.15, -0.1) is 0 Å². The average Bonchev–Trinajstić information content (AvgIpc) is 2.20. The highest BCUT2D eigenvalue weighted by Crippen LogP contribution is 2.13. The van der Waals surface area contributed by atoms with Gasteiger partial charge in [-0.05, 0) is 31.5 Å². The maximum absolute atomic E-state index is 3.19. The maximum atomic E-state index is 3.19. The van der Waals surface area contributed by atoms with Gasteiger partial charge in [0.2, 0.25) is 0 Å². The van der Waals surface area contributed by atoms with Crippen molar-refractivity contribution in [3.8, 4) is 0 Å². The first-order valence-corrected chi connectivity index (χ1v) is 5.17. The largest absolute Gasteiger partial charge is 0.316 e. The Labute approximate surface area is 86.8 Å². The predicted octanol–water partition coefficient (Wildman–Crippen LogP) is 3.01. The van der Waals surface area contributed by atoms with Gasteiger partial charge in [-0.2, -0.15) is 0 Å². The van der Waals surface area contributed by atoms with Crippen molar-refractivity contribution in [2.45, 2.75) is 20.3 Å². The van der Waals surface area contributed by atoms with Crippen LogP contribution in [-0.4, -0.2) is 13.6 Å². The highest BCUT2D eigenvalue weighted by Gasteiger charge is 1.96. The third-order valence-electron chi connectivity index (χ3n) is 2.41. The van der Waals surface area contributed by atoms with Crippen LogP contribution in [0.15, 0.2) is 29.8 Å². The van der Waals surface area contributed by atoms with Gasteiger partial charge in [0.15, 0.2) is 0 Å². The van der Waals surface area contributed by atoms with Crippen molar-refractivity contribution in [3.63, 3.8) is 0 Å². The van der Waals surface area contributed by atoms with Crippen molar-refractivity contribution in [2.75, 3.05) is 13.6 Å². The Hall–Kier alpha value is -1.08. The van der Waals surface area contributed by atoms with Crippen LogP contribution in [0.5, 0.6) is 0 Å². The van der Waals surface area contributed by atoms with E-state index in [2.05, 4.69) is 49.5 Å². The Bertz CT molecular complexity index is 313. The molecule has 0 heterocycles. The van der Waals surface area contributed by atoms with Crippen LogP contribution in [0.25, 0.3) is 6.08 Å². The molecule has 0 bridgehead atoms. The fourth-order valence-corrected chi connectivity index (χ4v) is 1.47. The smallest absolute Gasteiger partial charge is 0.0164 e. The van der Waals surface area contributed by atoms with Crippen LogP contribution in [0.3, 0.4) is 0 Å². The number of hydrogen-bond donors (Lipinski definition) is 1. The molecule has 0 amide bonds. The molecule has 1 nitrogen and oxygen atoms in total. The lowest BCUT2D eigenvalue weighted by Crippen LogP contribution is -2.09. The number of benzene rings is 1. The first-order valence-electron chi connectivity index (χ1n) is 5.17. The van der Waals surface area contributed by atoms with Gasteiger partial charge in [0.1, 0.15) is 0 Å². The molecule has 0 spiro atoms. The molecule has 0 saturated heterocycles. The first kappa shape index (κ1) is 11.0. The maximum Gasteiger partial charge on any atom is 0.0164 e. The summed E-state index contributed by atoms with van der Waals surface area (Å²) >= 11 is 0. The monoisotopic (exact) mass is 189 g/mol. The molecular weight excluding hydrogens is 170 g/mol. The summed E-state index contributed by atoms with van der Waals surface area (Å²) < 4.78 is 0.